The maximum atomic E-state index is 12.1. The molecule has 0 aromatic heterocycles. The number of rotatable bonds is 2. The zero-order valence-electron chi connectivity index (χ0n) is 9.47. The molecule has 5 heteroatoms. The molecule has 0 spiro atoms. The van der Waals surface area contributed by atoms with Gasteiger partial charge in [-0.15, -0.1) is 0 Å². The molecular formula is C11H16O4S. The molecule has 0 amide bonds. The fourth-order valence-corrected chi connectivity index (χ4v) is 6.23. The van der Waals surface area contributed by atoms with Crippen LogP contribution >= 0.6 is 0 Å². The fraction of sp³-hybridized carbons (Fsp3) is 0.909. The van der Waals surface area contributed by atoms with Gasteiger partial charge in [0.1, 0.15) is 0 Å². The van der Waals surface area contributed by atoms with Gasteiger partial charge in [0.25, 0.3) is 10.1 Å². The van der Waals surface area contributed by atoms with Crippen molar-refractivity contribution in [2.45, 2.75) is 44.0 Å². The van der Waals surface area contributed by atoms with E-state index in [9.17, 15) is 13.2 Å². The fourth-order valence-electron chi connectivity index (χ4n) is 4.01. The first kappa shape index (κ1) is 10.7. The molecule has 0 radical (unpaired) electrons. The molecule has 3 aliphatic rings. The summed E-state index contributed by atoms with van der Waals surface area (Å²) < 4.78 is 28.2. The van der Waals surface area contributed by atoms with Crippen molar-refractivity contribution in [1.82, 2.24) is 0 Å². The Morgan fingerprint density at radius 1 is 1.50 bits per heavy atom. The first-order valence-corrected chi connectivity index (χ1v) is 7.31. The van der Waals surface area contributed by atoms with E-state index in [0.29, 0.717) is 12.3 Å². The molecule has 4 nitrogen and oxygen atoms in total. The molecule has 1 aliphatic heterocycles. The Morgan fingerprint density at radius 3 is 2.75 bits per heavy atom. The van der Waals surface area contributed by atoms with Crippen LogP contribution in [0, 0.1) is 17.8 Å². The topological polar surface area (TPSA) is 60.4 Å². The summed E-state index contributed by atoms with van der Waals surface area (Å²) in [5.41, 5.74) is 0. The van der Waals surface area contributed by atoms with Crippen LogP contribution in [0.25, 0.3) is 0 Å². The van der Waals surface area contributed by atoms with E-state index < -0.39 is 14.9 Å². The average Bonchev–Trinajstić information content (AvgIpc) is 2.79. The van der Waals surface area contributed by atoms with Gasteiger partial charge in [0.2, 0.25) is 0 Å². The lowest BCUT2D eigenvalue weighted by Gasteiger charge is -2.29. The standard InChI is InChI=1S/C11H16O4S/c1-3-9(12)11-5-7-4-8(11)10(6(7)2)15-16(11,13)14/h6-8,10H,3-5H2,1-2H3. The molecule has 0 aromatic rings. The Hall–Kier alpha value is -0.420. The highest BCUT2D eigenvalue weighted by Crippen LogP contribution is 2.63. The molecule has 5 atom stereocenters. The maximum Gasteiger partial charge on any atom is 0.281 e. The molecule has 2 aliphatic carbocycles. The van der Waals surface area contributed by atoms with Gasteiger partial charge < -0.3 is 0 Å². The van der Waals surface area contributed by atoms with Crippen LogP contribution in [0.3, 0.4) is 0 Å². The van der Waals surface area contributed by atoms with Gasteiger partial charge in [0.15, 0.2) is 10.5 Å². The first-order chi connectivity index (χ1) is 7.44. The quantitative estimate of drug-likeness (QED) is 0.683. The molecule has 1 heterocycles. The Morgan fingerprint density at radius 2 is 2.19 bits per heavy atom. The minimum atomic E-state index is -3.69. The third kappa shape index (κ3) is 0.911. The minimum absolute atomic E-state index is 0.0788. The molecule has 3 fully saturated rings. The minimum Gasteiger partial charge on any atom is -0.298 e. The summed E-state index contributed by atoms with van der Waals surface area (Å²) in [6.45, 7) is 3.77. The van der Waals surface area contributed by atoms with Crippen LogP contribution in [0.15, 0.2) is 0 Å². The Bertz CT molecular complexity index is 455. The number of Topliss-reactive ketones (excluding diaryl/α,β-unsaturated/α-hetero) is 1. The molecule has 2 bridgehead atoms. The van der Waals surface area contributed by atoms with Crippen LogP contribution < -0.4 is 0 Å². The van der Waals surface area contributed by atoms with E-state index >= 15 is 0 Å². The molecule has 1 saturated heterocycles. The zero-order chi connectivity index (χ0) is 11.7. The van der Waals surface area contributed by atoms with Crippen molar-refractivity contribution in [3.05, 3.63) is 0 Å². The summed E-state index contributed by atoms with van der Waals surface area (Å²) in [5.74, 6) is 0.405. The smallest absolute Gasteiger partial charge is 0.281 e. The molecule has 5 unspecified atom stereocenters. The first-order valence-electron chi connectivity index (χ1n) is 5.90. The van der Waals surface area contributed by atoms with E-state index in [4.69, 9.17) is 4.18 Å². The van der Waals surface area contributed by atoms with Crippen LogP contribution in [0.5, 0.6) is 0 Å². The van der Waals surface area contributed by atoms with Crippen LogP contribution in [0.1, 0.15) is 33.1 Å². The van der Waals surface area contributed by atoms with E-state index in [1.807, 2.05) is 6.92 Å². The van der Waals surface area contributed by atoms with Crippen molar-refractivity contribution in [3.63, 3.8) is 0 Å². The predicted octanol–water partition coefficient (Wildman–Crippen LogP) is 1.11. The molecule has 0 N–H and O–H groups in total. The van der Waals surface area contributed by atoms with Crippen molar-refractivity contribution in [1.29, 1.82) is 0 Å². The molecule has 90 valence electrons. The molecule has 3 rings (SSSR count). The zero-order valence-corrected chi connectivity index (χ0v) is 10.3. The van der Waals surface area contributed by atoms with E-state index in [1.165, 1.54) is 0 Å². The number of ketones is 1. The van der Waals surface area contributed by atoms with Crippen LogP contribution in [0.2, 0.25) is 0 Å². The van der Waals surface area contributed by atoms with E-state index in [0.717, 1.165) is 6.42 Å². The van der Waals surface area contributed by atoms with Crippen molar-refractivity contribution in [2.75, 3.05) is 0 Å². The Kier molecular flexibility index (Phi) is 1.93. The van der Waals surface area contributed by atoms with Crippen molar-refractivity contribution < 1.29 is 17.4 Å². The lowest BCUT2D eigenvalue weighted by Crippen LogP contribution is -2.48. The summed E-state index contributed by atoms with van der Waals surface area (Å²) in [6, 6.07) is 0. The van der Waals surface area contributed by atoms with E-state index in [-0.39, 0.29) is 30.1 Å². The summed E-state index contributed by atoms with van der Waals surface area (Å²) in [6.07, 6.45) is 1.38. The summed E-state index contributed by atoms with van der Waals surface area (Å²) in [5, 5.41) is 0. The SMILES string of the molecule is CCC(=O)C12CC3CC1C(OS2(=O)=O)C3C. The number of carbonyl (C=O) groups is 1. The van der Waals surface area contributed by atoms with Crippen molar-refractivity contribution >= 4 is 15.9 Å². The lowest BCUT2D eigenvalue weighted by molar-refractivity contribution is -0.122. The van der Waals surface area contributed by atoms with Crippen molar-refractivity contribution in [3.8, 4) is 0 Å². The maximum absolute atomic E-state index is 12.1. The molecule has 2 saturated carbocycles. The van der Waals surface area contributed by atoms with Gasteiger partial charge in [-0.3, -0.25) is 8.98 Å². The average molecular weight is 244 g/mol. The van der Waals surface area contributed by atoms with Gasteiger partial charge in [0.05, 0.1) is 6.10 Å². The summed E-state index contributed by atoms with van der Waals surface area (Å²) in [4.78, 5) is 12.0. The third-order valence-corrected chi connectivity index (χ3v) is 6.92. The second kappa shape index (κ2) is 2.88. The van der Waals surface area contributed by atoms with Gasteiger partial charge in [-0.25, -0.2) is 0 Å². The van der Waals surface area contributed by atoms with Gasteiger partial charge in [-0.05, 0) is 24.7 Å². The molecule has 16 heavy (non-hydrogen) atoms. The normalized spacial score (nSPS) is 52.1. The second-order valence-corrected chi connectivity index (χ2v) is 7.18. The van der Waals surface area contributed by atoms with E-state index in [2.05, 4.69) is 0 Å². The molecule has 0 aromatic carbocycles. The monoisotopic (exact) mass is 244 g/mol. The largest absolute Gasteiger partial charge is 0.298 e. The Balaban J connectivity index is 2.16. The van der Waals surface area contributed by atoms with Gasteiger partial charge in [-0.1, -0.05) is 13.8 Å². The van der Waals surface area contributed by atoms with Gasteiger partial charge in [0, 0.05) is 12.3 Å². The van der Waals surface area contributed by atoms with Crippen LogP contribution in [0.4, 0.5) is 0 Å². The van der Waals surface area contributed by atoms with Crippen LogP contribution in [-0.4, -0.2) is 25.1 Å². The van der Waals surface area contributed by atoms with E-state index in [1.54, 1.807) is 6.92 Å². The van der Waals surface area contributed by atoms with Crippen molar-refractivity contribution in [2.24, 2.45) is 17.8 Å². The second-order valence-electron chi connectivity index (χ2n) is 5.35. The number of hydrogen-bond donors (Lipinski definition) is 0. The number of fused-ring (bicyclic) bond motifs is 1. The van der Waals surface area contributed by atoms with Gasteiger partial charge in [-0.2, -0.15) is 8.42 Å². The van der Waals surface area contributed by atoms with Gasteiger partial charge >= 0.3 is 0 Å². The third-order valence-electron chi connectivity index (χ3n) is 4.86. The highest BCUT2D eigenvalue weighted by Gasteiger charge is 2.74. The number of carbonyl (C=O) groups excluding carboxylic acids is 1. The molecular weight excluding hydrogens is 228 g/mol. The lowest BCUT2D eigenvalue weighted by atomic mass is 9.77. The predicted molar refractivity (Wildman–Crippen MR) is 57.2 cm³/mol. The Labute approximate surface area is 95.5 Å². The number of hydrogen-bond acceptors (Lipinski definition) is 4. The van der Waals surface area contributed by atoms with Crippen LogP contribution in [-0.2, 0) is 19.1 Å². The summed E-state index contributed by atoms with van der Waals surface area (Å²) in [7, 11) is -3.69. The summed E-state index contributed by atoms with van der Waals surface area (Å²) >= 11 is 0. The highest BCUT2D eigenvalue weighted by molar-refractivity contribution is 7.89. The highest BCUT2D eigenvalue weighted by atomic mass is 32.2.